The first kappa shape index (κ1) is 16.6. The Balaban J connectivity index is 1.56. The summed E-state index contributed by atoms with van der Waals surface area (Å²) >= 11 is 0. The number of imidazole rings is 1. The third kappa shape index (κ3) is 3.98. The van der Waals surface area contributed by atoms with Gasteiger partial charge in [-0.25, -0.2) is 9.37 Å². The topological polar surface area (TPSA) is 72.5 Å². The van der Waals surface area contributed by atoms with Gasteiger partial charge in [-0.15, -0.1) is 0 Å². The van der Waals surface area contributed by atoms with E-state index in [1.54, 1.807) is 17.0 Å². The Morgan fingerprint density at radius 3 is 2.75 bits per heavy atom. The molecule has 3 rings (SSSR count). The molecule has 1 aliphatic heterocycles. The van der Waals surface area contributed by atoms with Crippen molar-refractivity contribution in [1.82, 2.24) is 19.8 Å². The van der Waals surface area contributed by atoms with Crippen molar-refractivity contribution in [3.63, 3.8) is 0 Å². The van der Waals surface area contributed by atoms with Gasteiger partial charge in [-0.3, -0.25) is 9.69 Å². The van der Waals surface area contributed by atoms with Crippen molar-refractivity contribution in [2.24, 2.45) is 0 Å². The molecular weight excluding hydrogens is 311 g/mol. The maximum atomic E-state index is 13.0. The number of hydrogen-bond donors (Lipinski definition) is 2. The highest BCUT2D eigenvalue weighted by molar-refractivity contribution is 5.81. The van der Waals surface area contributed by atoms with E-state index in [1.165, 1.54) is 24.7 Å². The predicted molar refractivity (Wildman–Crippen MR) is 86.4 cm³/mol. The van der Waals surface area contributed by atoms with Crippen LogP contribution in [-0.4, -0.2) is 57.0 Å². The molecule has 2 aromatic rings. The van der Waals surface area contributed by atoms with Crippen molar-refractivity contribution < 1.29 is 14.3 Å². The molecule has 7 heteroatoms. The standard InChI is InChI=1S/C17H21FN4O2/c18-14-4-2-13(3-5-14)11-21-6-1-7-22(9-8-21)17(24)16(23)15-10-19-12-20-15/h2-5,10,12,16,23H,1,6-9,11H2,(H,19,20). The number of halogens is 1. The number of aliphatic hydroxyl groups is 1. The number of nitrogens with zero attached hydrogens (tertiary/aromatic N) is 3. The van der Waals surface area contributed by atoms with E-state index < -0.39 is 6.10 Å². The van der Waals surface area contributed by atoms with Gasteiger partial charge >= 0.3 is 0 Å². The smallest absolute Gasteiger partial charge is 0.257 e. The van der Waals surface area contributed by atoms with E-state index in [9.17, 15) is 14.3 Å². The molecular formula is C17H21FN4O2. The minimum atomic E-state index is -1.20. The van der Waals surface area contributed by atoms with Crippen LogP contribution in [0.25, 0.3) is 0 Å². The Labute approximate surface area is 139 Å². The fourth-order valence-electron chi connectivity index (χ4n) is 2.92. The second-order valence-electron chi connectivity index (χ2n) is 5.99. The van der Waals surface area contributed by atoms with Crippen LogP contribution in [0.1, 0.15) is 23.8 Å². The van der Waals surface area contributed by atoms with Crippen LogP contribution in [0.3, 0.4) is 0 Å². The third-order valence-electron chi connectivity index (χ3n) is 4.27. The third-order valence-corrected chi connectivity index (χ3v) is 4.27. The number of aliphatic hydroxyl groups excluding tert-OH is 1. The van der Waals surface area contributed by atoms with E-state index in [0.717, 1.165) is 31.6 Å². The van der Waals surface area contributed by atoms with Crippen LogP contribution in [0.4, 0.5) is 4.39 Å². The van der Waals surface area contributed by atoms with Crippen molar-refractivity contribution in [3.05, 3.63) is 53.9 Å². The van der Waals surface area contributed by atoms with Gasteiger partial charge in [0.25, 0.3) is 5.91 Å². The lowest BCUT2D eigenvalue weighted by molar-refractivity contribution is -0.140. The quantitative estimate of drug-likeness (QED) is 0.886. The van der Waals surface area contributed by atoms with Gasteiger partial charge in [-0.1, -0.05) is 12.1 Å². The summed E-state index contributed by atoms with van der Waals surface area (Å²) in [6.45, 7) is 3.49. The molecule has 1 aromatic carbocycles. The number of aromatic nitrogens is 2. The van der Waals surface area contributed by atoms with Crippen LogP contribution >= 0.6 is 0 Å². The number of nitrogens with one attached hydrogen (secondary N) is 1. The lowest BCUT2D eigenvalue weighted by Gasteiger charge is -2.23. The molecule has 2 heterocycles. The van der Waals surface area contributed by atoms with Gasteiger partial charge in [-0.2, -0.15) is 0 Å². The summed E-state index contributed by atoms with van der Waals surface area (Å²) in [6, 6.07) is 6.49. The highest BCUT2D eigenvalue weighted by Crippen LogP contribution is 2.15. The highest BCUT2D eigenvalue weighted by atomic mass is 19.1. The van der Waals surface area contributed by atoms with E-state index >= 15 is 0 Å². The van der Waals surface area contributed by atoms with Crippen molar-refractivity contribution in [2.75, 3.05) is 26.2 Å². The molecule has 1 amide bonds. The summed E-state index contributed by atoms with van der Waals surface area (Å²) in [6.07, 6.45) is 2.54. The molecule has 0 saturated carbocycles. The van der Waals surface area contributed by atoms with Crippen LogP contribution in [0, 0.1) is 5.82 Å². The van der Waals surface area contributed by atoms with Crippen molar-refractivity contribution in [1.29, 1.82) is 0 Å². The molecule has 0 spiro atoms. The summed E-state index contributed by atoms with van der Waals surface area (Å²) in [4.78, 5) is 23.0. The van der Waals surface area contributed by atoms with Crippen LogP contribution in [0.5, 0.6) is 0 Å². The lowest BCUT2D eigenvalue weighted by atomic mass is 10.2. The van der Waals surface area contributed by atoms with Gasteiger partial charge in [0.1, 0.15) is 5.82 Å². The maximum Gasteiger partial charge on any atom is 0.257 e. The molecule has 1 aromatic heterocycles. The zero-order valence-corrected chi connectivity index (χ0v) is 13.4. The average Bonchev–Trinajstić information content (AvgIpc) is 3.03. The zero-order valence-electron chi connectivity index (χ0n) is 13.4. The molecule has 0 aliphatic carbocycles. The van der Waals surface area contributed by atoms with Crippen molar-refractivity contribution >= 4 is 5.91 Å². The predicted octanol–water partition coefficient (Wildman–Crippen LogP) is 1.32. The molecule has 1 fully saturated rings. The largest absolute Gasteiger partial charge is 0.377 e. The van der Waals surface area contributed by atoms with Crippen LogP contribution < -0.4 is 0 Å². The Kier molecular flexibility index (Phi) is 5.22. The van der Waals surface area contributed by atoms with E-state index in [2.05, 4.69) is 14.9 Å². The maximum absolute atomic E-state index is 13.0. The molecule has 1 saturated heterocycles. The van der Waals surface area contributed by atoms with Crippen LogP contribution in [0.2, 0.25) is 0 Å². The second-order valence-corrected chi connectivity index (χ2v) is 5.99. The summed E-state index contributed by atoms with van der Waals surface area (Å²) in [5.41, 5.74) is 1.46. The Morgan fingerprint density at radius 1 is 1.25 bits per heavy atom. The molecule has 1 atom stereocenters. The number of amides is 1. The van der Waals surface area contributed by atoms with E-state index in [1.807, 2.05) is 0 Å². The monoisotopic (exact) mass is 332 g/mol. The molecule has 0 bridgehead atoms. The fraction of sp³-hybridized carbons (Fsp3) is 0.412. The molecule has 24 heavy (non-hydrogen) atoms. The van der Waals surface area contributed by atoms with Gasteiger partial charge in [0.2, 0.25) is 0 Å². The molecule has 2 N–H and O–H groups in total. The molecule has 128 valence electrons. The Morgan fingerprint density at radius 2 is 2.04 bits per heavy atom. The van der Waals surface area contributed by atoms with Gasteiger partial charge in [0.15, 0.2) is 6.10 Å². The Hall–Kier alpha value is -2.25. The summed E-state index contributed by atoms with van der Waals surface area (Å²) in [7, 11) is 0. The first-order chi connectivity index (χ1) is 11.6. The van der Waals surface area contributed by atoms with Crippen LogP contribution in [0.15, 0.2) is 36.8 Å². The Bertz CT molecular complexity index is 660. The van der Waals surface area contributed by atoms with Gasteiger partial charge in [0, 0.05) is 32.7 Å². The first-order valence-corrected chi connectivity index (χ1v) is 8.05. The number of H-pyrrole nitrogens is 1. The van der Waals surface area contributed by atoms with E-state index in [0.29, 0.717) is 18.8 Å². The van der Waals surface area contributed by atoms with Gasteiger partial charge in [-0.05, 0) is 24.1 Å². The second kappa shape index (κ2) is 7.55. The lowest BCUT2D eigenvalue weighted by Crippen LogP contribution is -2.38. The van der Waals surface area contributed by atoms with E-state index in [-0.39, 0.29) is 11.7 Å². The van der Waals surface area contributed by atoms with Gasteiger partial charge < -0.3 is 15.0 Å². The van der Waals surface area contributed by atoms with E-state index in [4.69, 9.17) is 0 Å². The molecule has 0 radical (unpaired) electrons. The number of benzene rings is 1. The van der Waals surface area contributed by atoms with Crippen LogP contribution in [-0.2, 0) is 11.3 Å². The van der Waals surface area contributed by atoms with Crippen molar-refractivity contribution in [3.8, 4) is 0 Å². The minimum Gasteiger partial charge on any atom is -0.377 e. The number of aromatic amines is 1. The molecule has 6 nitrogen and oxygen atoms in total. The number of carbonyl (C=O) groups is 1. The summed E-state index contributed by atoms with van der Waals surface area (Å²) in [5, 5.41) is 10.1. The number of carbonyl (C=O) groups excluding carboxylic acids is 1. The number of rotatable bonds is 4. The van der Waals surface area contributed by atoms with Gasteiger partial charge in [0.05, 0.1) is 18.2 Å². The fourth-order valence-corrected chi connectivity index (χ4v) is 2.92. The number of hydrogen-bond acceptors (Lipinski definition) is 4. The zero-order chi connectivity index (χ0) is 16.9. The molecule has 1 unspecified atom stereocenters. The average molecular weight is 332 g/mol. The van der Waals surface area contributed by atoms with Crippen molar-refractivity contribution in [2.45, 2.75) is 19.1 Å². The summed E-state index contributed by atoms with van der Waals surface area (Å²) < 4.78 is 13.0. The first-order valence-electron chi connectivity index (χ1n) is 8.05. The minimum absolute atomic E-state index is 0.237. The SMILES string of the molecule is O=C(C(O)c1cnc[nH]1)N1CCCN(Cc2ccc(F)cc2)CC1. The normalized spacial score (nSPS) is 17.5. The summed E-state index contributed by atoms with van der Waals surface area (Å²) in [5.74, 6) is -0.540. The highest BCUT2D eigenvalue weighted by Gasteiger charge is 2.26. The molecule has 1 aliphatic rings.